The van der Waals surface area contributed by atoms with Gasteiger partial charge in [-0.05, 0) is 73.0 Å². The second kappa shape index (κ2) is 3.25. The third kappa shape index (κ3) is 1.02. The molecular formula is C15H24O. The minimum Gasteiger partial charge on any atom is -0.396 e. The summed E-state index contributed by atoms with van der Waals surface area (Å²) in [6.07, 6.45) is 7.35. The van der Waals surface area contributed by atoms with Crippen molar-refractivity contribution >= 4 is 0 Å². The molecular weight excluding hydrogens is 196 g/mol. The van der Waals surface area contributed by atoms with Gasteiger partial charge >= 0.3 is 0 Å². The lowest BCUT2D eigenvalue weighted by atomic mass is 9.64. The fraction of sp³-hybridized carbons (Fsp3) is 1.00. The largest absolute Gasteiger partial charge is 0.396 e. The summed E-state index contributed by atoms with van der Waals surface area (Å²) in [7, 11) is 0. The second-order valence-electron chi connectivity index (χ2n) is 7.06. The van der Waals surface area contributed by atoms with Crippen LogP contribution in [0.25, 0.3) is 0 Å². The molecule has 4 fully saturated rings. The highest BCUT2D eigenvalue weighted by molar-refractivity contribution is 5.12. The molecule has 4 aliphatic carbocycles. The van der Waals surface area contributed by atoms with Gasteiger partial charge in [0.05, 0.1) is 0 Å². The van der Waals surface area contributed by atoms with Crippen LogP contribution in [0.15, 0.2) is 0 Å². The maximum Gasteiger partial charge on any atom is 0.0462 e. The van der Waals surface area contributed by atoms with Crippen LogP contribution in [0.2, 0.25) is 0 Å². The summed E-state index contributed by atoms with van der Waals surface area (Å²) in [6.45, 7) is 2.86. The fourth-order valence-electron chi connectivity index (χ4n) is 6.56. The molecule has 4 saturated carbocycles. The Morgan fingerprint density at radius 3 is 2.12 bits per heavy atom. The standard InChI is InChI=1S/C15H24O/c1-2-8-3-9-5-12(8)15-13-6-10(14(9)15)4-11(13)7-16/h8-16H,2-7H2,1H3. The average Bonchev–Trinajstić information content (AvgIpc) is 3.03. The van der Waals surface area contributed by atoms with Gasteiger partial charge in [0.15, 0.2) is 0 Å². The molecule has 4 bridgehead atoms. The SMILES string of the molecule is CCC1CC2CC1C1C3CC(CC3CO)C21. The van der Waals surface area contributed by atoms with Gasteiger partial charge in [0.25, 0.3) is 0 Å². The molecule has 0 aromatic heterocycles. The summed E-state index contributed by atoms with van der Waals surface area (Å²) in [5.41, 5.74) is 0. The zero-order chi connectivity index (χ0) is 10.9. The molecule has 4 rings (SSSR count). The predicted molar refractivity (Wildman–Crippen MR) is 63.8 cm³/mol. The molecule has 0 heterocycles. The summed E-state index contributed by atoms with van der Waals surface area (Å²) in [5.74, 6) is 7.96. The van der Waals surface area contributed by atoms with Crippen molar-refractivity contribution < 1.29 is 5.11 Å². The number of rotatable bonds is 2. The summed E-state index contributed by atoms with van der Waals surface area (Å²) in [4.78, 5) is 0. The van der Waals surface area contributed by atoms with Crippen LogP contribution in [0, 0.1) is 47.3 Å². The van der Waals surface area contributed by atoms with Crippen molar-refractivity contribution in [2.24, 2.45) is 47.3 Å². The third-order valence-corrected chi connectivity index (χ3v) is 6.85. The predicted octanol–water partition coefficient (Wildman–Crippen LogP) is 2.93. The third-order valence-electron chi connectivity index (χ3n) is 6.85. The van der Waals surface area contributed by atoms with Crippen LogP contribution >= 0.6 is 0 Å². The molecule has 16 heavy (non-hydrogen) atoms. The van der Waals surface area contributed by atoms with Crippen LogP contribution in [0.4, 0.5) is 0 Å². The van der Waals surface area contributed by atoms with Gasteiger partial charge in [-0.1, -0.05) is 13.3 Å². The van der Waals surface area contributed by atoms with E-state index in [9.17, 15) is 5.11 Å². The average molecular weight is 220 g/mol. The van der Waals surface area contributed by atoms with E-state index in [1.165, 1.54) is 19.3 Å². The molecule has 90 valence electrons. The van der Waals surface area contributed by atoms with Gasteiger partial charge in [-0.3, -0.25) is 0 Å². The number of aliphatic hydroxyl groups excluding tert-OH is 1. The van der Waals surface area contributed by atoms with Crippen LogP contribution in [0.3, 0.4) is 0 Å². The van der Waals surface area contributed by atoms with Crippen LogP contribution < -0.4 is 0 Å². The van der Waals surface area contributed by atoms with Gasteiger partial charge in [-0.2, -0.15) is 0 Å². The van der Waals surface area contributed by atoms with E-state index in [0.717, 1.165) is 41.4 Å². The maximum atomic E-state index is 9.50. The molecule has 0 radical (unpaired) electrons. The Balaban J connectivity index is 1.64. The maximum absolute atomic E-state index is 9.50. The minimum absolute atomic E-state index is 0.471. The molecule has 8 atom stereocenters. The zero-order valence-electron chi connectivity index (χ0n) is 10.3. The highest BCUT2D eigenvalue weighted by Crippen LogP contribution is 2.70. The lowest BCUT2D eigenvalue weighted by molar-refractivity contribution is 0.0483. The molecule has 0 aliphatic heterocycles. The van der Waals surface area contributed by atoms with E-state index in [4.69, 9.17) is 0 Å². The summed E-state index contributed by atoms with van der Waals surface area (Å²) >= 11 is 0. The first-order chi connectivity index (χ1) is 7.83. The van der Waals surface area contributed by atoms with E-state index >= 15 is 0 Å². The number of hydrogen-bond acceptors (Lipinski definition) is 1. The van der Waals surface area contributed by atoms with Crippen molar-refractivity contribution in [2.45, 2.75) is 39.0 Å². The molecule has 8 unspecified atom stereocenters. The first-order valence-electron chi connectivity index (χ1n) is 7.44. The van der Waals surface area contributed by atoms with Crippen LogP contribution in [-0.4, -0.2) is 11.7 Å². The number of fused-ring (bicyclic) bond motifs is 9. The smallest absolute Gasteiger partial charge is 0.0462 e. The Morgan fingerprint density at radius 1 is 0.875 bits per heavy atom. The quantitative estimate of drug-likeness (QED) is 0.709. The summed E-state index contributed by atoms with van der Waals surface area (Å²) in [5, 5.41) is 9.50. The summed E-state index contributed by atoms with van der Waals surface area (Å²) < 4.78 is 0. The first kappa shape index (κ1) is 9.94. The highest BCUT2D eigenvalue weighted by Gasteiger charge is 2.63. The van der Waals surface area contributed by atoms with Crippen molar-refractivity contribution in [2.75, 3.05) is 6.61 Å². The normalized spacial score (nSPS) is 61.9. The van der Waals surface area contributed by atoms with Crippen molar-refractivity contribution in [3.8, 4) is 0 Å². The lowest BCUT2D eigenvalue weighted by Crippen LogP contribution is -2.36. The molecule has 1 N–H and O–H groups in total. The van der Waals surface area contributed by atoms with Crippen molar-refractivity contribution in [1.82, 2.24) is 0 Å². The van der Waals surface area contributed by atoms with Gasteiger partial charge in [-0.15, -0.1) is 0 Å². The molecule has 1 heteroatoms. The van der Waals surface area contributed by atoms with E-state index in [0.29, 0.717) is 12.5 Å². The van der Waals surface area contributed by atoms with Crippen molar-refractivity contribution in [3.63, 3.8) is 0 Å². The minimum atomic E-state index is 0.471. The van der Waals surface area contributed by atoms with Gasteiger partial charge < -0.3 is 5.11 Å². The Bertz CT molecular complexity index is 272. The Labute approximate surface area is 98.6 Å². The van der Waals surface area contributed by atoms with E-state index in [-0.39, 0.29) is 0 Å². The van der Waals surface area contributed by atoms with Gasteiger partial charge in [0.2, 0.25) is 0 Å². The molecule has 0 aromatic rings. The van der Waals surface area contributed by atoms with Crippen molar-refractivity contribution in [1.29, 1.82) is 0 Å². The van der Waals surface area contributed by atoms with E-state index in [2.05, 4.69) is 6.92 Å². The van der Waals surface area contributed by atoms with Gasteiger partial charge in [0.1, 0.15) is 0 Å². The Hall–Kier alpha value is -0.0400. The van der Waals surface area contributed by atoms with E-state index < -0.39 is 0 Å². The monoisotopic (exact) mass is 220 g/mol. The zero-order valence-corrected chi connectivity index (χ0v) is 10.3. The molecule has 4 aliphatic rings. The molecule has 0 saturated heterocycles. The van der Waals surface area contributed by atoms with Crippen LogP contribution in [-0.2, 0) is 0 Å². The Morgan fingerprint density at radius 2 is 1.50 bits per heavy atom. The number of hydrogen-bond donors (Lipinski definition) is 1. The van der Waals surface area contributed by atoms with E-state index in [1.54, 1.807) is 12.8 Å². The van der Waals surface area contributed by atoms with Crippen molar-refractivity contribution in [3.05, 3.63) is 0 Å². The molecule has 0 amide bonds. The summed E-state index contributed by atoms with van der Waals surface area (Å²) in [6, 6.07) is 0. The topological polar surface area (TPSA) is 20.2 Å². The first-order valence-corrected chi connectivity index (χ1v) is 7.44. The lowest BCUT2D eigenvalue weighted by Gasteiger charge is -2.41. The van der Waals surface area contributed by atoms with Crippen LogP contribution in [0.5, 0.6) is 0 Å². The number of aliphatic hydroxyl groups is 1. The van der Waals surface area contributed by atoms with E-state index in [1.807, 2.05) is 0 Å². The van der Waals surface area contributed by atoms with Gasteiger partial charge in [-0.25, -0.2) is 0 Å². The van der Waals surface area contributed by atoms with Crippen LogP contribution in [0.1, 0.15) is 39.0 Å². The van der Waals surface area contributed by atoms with Gasteiger partial charge in [0, 0.05) is 6.61 Å². The highest BCUT2D eigenvalue weighted by atomic mass is 16.3. The molecule has 0 spiro atoms. The molecule has 1 nitrogen and oxygen atoms in total. The second-order valence-corrected chi connectivity index (χ2v) is 7.06. The Kier molecular flexibility index (Phi) is 2.02. The fourth-order valence-corrected chi connectivity index (χ4v) is 6.56. The molecule has 0 aromatic carbocycles.